The number of piperidine rings is 1. The van der Waals surface area contributed by atoms with Crippen molar-refractivity contribution in [1.82, 2.24) is 10.6 Å². The second kappa shape index (κ2) is 8.98. The molecule has 3 rings (SSSR count). The van der Waals surface area contributed by atoms with Gasteiger partial charge in [-0.15, -0.1) is 0 Å². The largest absolute Gasteiger partial charge is 0.339 e. The van der Waals surface area contributed by atoms with Crippen LogP contribution in [0.3, 0.4) is 0 Å². The van der Waals surface area contributed by atoms with Crippen molar-refractivity contribution in [2.24, 2.45) is 0 Å². The Bertz CT molecular complexity index is 853. The van der Waals surface area contributed by atoms with E-state index in [0.717, 1.165) is 42.5 Å². The first-order valence-corrected chi connectivity index (χ1v) is 9.22. The third-order valence-corrected chi connectivity index (χ3v) is 4.84. The Hall–Kier alpha value is -3.15. The monoisotopic (exact) mass is 358 g/mol. The van der Waals surface area contributed by atoms with E-state index in [-0.39, 0.29) is 11.9 Å². The van der Waals surface area contributed by atoms with Crippen LogP contribution in [0.25, 0.3) is 11.1 Å². The SMILES string of the molecule is N#Cc1ccc(-c2ccc(C[C@@H](C#N)NC(=O)C3CCCCN3)cc2)cc1. The number of hydrogen-bond acceptors (Lipinski definition) is 4. The first-order chi connectivity index (χ1) is 13.2. The maximum absolute atomic E-state index is 12.3. The average Bonchev–Trinajstić information content (AvgIpc) is 2.74. The van der Waals surface area contributed by atoms with E-state index >= 15 is 0 Å². The molecule has 1 unspecified atom stereocenters. The summed E-state index contributed by atoms with van der Waals surface area (Å²) >= 11 is 0. The first-order valence-electron chi connectivity index (χ1n) is 9.22. The van der Waals surface area contributed by atoms with Crippen LogP contribution in [0.4, 0.5) is 0 Å². The van der Waals surface area contributed by atoms with Crippen molar-refractivity contribution in [1.29, 1.82) is 10.5 Å². The topological polar surface area (TPSA) is 88.7 Å². The zero-order valence-electron chi connectivity index (χ0n) is 15.1. The number of benzene rings is 2. The third-order valence-electron chi connectivity index (χ3n) is 4.84. The smallest absolute Gasteiger partial charge is 0.238 e. The summed E-state index contributed by atoms with van der Waals surface area (Å²) in [4.78, 5) is 12.3. The van der Waals surface area contributed by atoms with Crippen LogP contribution >= 0.6 is 0 Å². The molecule has 27 heavy (non-hydrogen) atoms. The van der Waals surface area contributed by atoms with Crippen molar-refractivity contribution in [2.45, 2.75) is 37.8 Å². The molecule has 5 heteroatoms. The van der Waals surface area contributed by atoms with Crippen molar-refractivity contribution in [2.75, 3.05) is 6.54 Å². The quantitative estimate of drug-likeness (QED) is 0.860. The van der Waals surface area contributed by atoms with Crippen molar-refractivity contribution in [3.8, 4) is 23.3 Å². The van der Waals surface area contributed by atoms with Gasteiger partial charge in [0.15, 0.2) is 0 Å². The molecule has 1 aliphatic heterocycles. The molecule has 136 valence electrons. The van der Waals surface area contributed by atoms with Gasteiger partial charge in [-0.25, -0.2) is 0 Å². The molecule has 0 radical (unpaired) electrons. The van der Waals surface area contributed by atoms with E-state index in [2.05, 4.69) is 22.8 Å². The molecule has 0 bridgehead atoms. The molecule has 0 saturated carbocycles. The summed E-state index contributed by atoms with van der Waals surface area (Å²) in [6.07, 6.45) is 3.43. The maximum atomic E-state index is 12.3. The van der Waals surface area contributed by atoms with Crippen LogP contribution in [0.2, 0.25) is 0 Å². The minimum atomic E-state index is -0.540. The summed E-state index contributed by atoms with van der Waals surface area (Å²) in [6, 6.07) is 18.9. The highest BCUT2D eigenvalue weighted by Crippen LogP contribution is 2.20. The van der Waals surface area contributed by atoms with E-state index < -0.39 is 6.04 Å². The summed E-state index contributed by atoms with van der Waals surface area (Å²) in [7, 11) is 0. The van der Waals surface area contributed by atoms with Crippen LogP contribution in [0.1, 0.15) is 30.4 Å². The molecule has 1 amide bonds. The Balaban J connectivity index is 1.61. The number of rotatable bonds is 5. The highest BCUT2D eigenvalue weighted by atomic mass is 16.2. The standard InChI is InChI=1S/C22H22N4O/c23-14-17-6-10-19(11-7-17)18-8-4-16(5-9-18)13-20(15-24)26-22(27)21-3-1-2-12-25-21/h4-11,20-21,25H,1-3,12-13H2,(H,26,27)/t20-,21?/m0/s1. The minimum absolute atomic E-state index is 0.0875. The molecule has 1 fully saturated rings. The maximum Gasteiger partial charge on any atom is 0.238 e. The number of amides is 1. The number of nitrogens with zero attached hydrogens (tertiary/aromatic N) is 2. The van der Waals surface area contributed by atoms with Gasteiger partial charge < -0.3 is 10.6 Å². The van der Waals surface area contributed by atoms with Gasteiger partial charge in [-0.1, -0.05) is 42.8 Å². The molecular formula is C22H22N4O. The predicted octanol–water partition coefficient (Wildman–Crippen LogP) is 2.92. The Kier molecular flexibility index (Phi) is 6.20. The summed E-state index contributed by atoms with van der Waals surface area (Å²) < 4.78 is 0. The molecule has 2 aromatic carbocycles. The molecule has 2 atom stereocenters. The fraction of sp³-hybridized carbons (Fsp3) is 0.318. The lowest BCUT2D eigenvalue weighted by molar-refractivity contribution is -0.124. The normalized spacial score (nSPS) is 17.3. The van der Waals surface area contributed by atoms with Crippen LogP contribution in [-0.4, -0.2) is 24.5 Å². The molecule has 0 aliphatic carbocycles. The van der Waals surface area contributed by atoms with Crippen molar-refractivity contribution < 1.29 is 4.79 Å². The summed E-state index contributed by atoms with van der Waals surface area (Å²) in [5, 5.41) is 24.3. The zero-order valence-corrected chi connectivity index (χ0v) is 15.1. The van der Waals surface area contributed by atoms with Gasteiger partial charge >= 0.3 is 0 Å². The molecule has 1 heterocycles. The average molecular weight is 358 g/mol. The van der Waals surface area contributed by atoms with Crippen molar-refractivity contribution in [3.05, 3.63) is 59.7 Å². The molecule has 0 spiro atoms. The lowest BCUT2D eigenvalue weighted by Crippen LogP contribution is -2.49. The van der Waals surface area contributed by atoms with Gasteiger partial charge in [0.1, 0.15) is 6.04 Å². The van der Waals surface area contributed by atoms with Gasteiger partial charge in [0.05, 0.1) is 23.7 Å². The minimum Gasteiger partial charge on any atom is -0.339 e. The fourth-order valence-electron chi connectivity index (χ4n) is 3.28. The van der Waals surface area contributed by atoms with E-state index in [0.29, 0.717) is 12.0 Å². The fourth-order valence-corrected chi connectivity index (χ4v) is 3.28. The zero-order chi connectivity index (χ0) is 19.1. The summed E-state index contributed by atoms with van der Waals surface area (Å²) in [5.41, 5.74) is 3.72. The van der Waals surface area contributed by atoms with Crippen LogP contribution in [-0.2, 0) is 11.2 Å². The molecule has 1 saturated heterocycles. The van der Waals surface area contributed by atoms with Crippen LogP contribution in [0.15, 0.2) is 48.5 Å². The summed E-state index contributed by atoms with van der Waals surface area (Å²) in [5.74, 6) is -0.0875. The Morgan fingerprint density at radius 1 is 1.07 bits per heavy atom. The second-order valence-corrected chi connectivity index (χ2v) is 6.78. The van der Waals surface area contributed by atoms with E-state index in [9.17, 15) is 10.1 Å². The Morgan fingerprint density at radius 2 is 1.74 bits per heavy atom. The second-order valence-electron chi connectivity index (χ2n) is 6.78. The first kappa shape index (κ1) is 18.6. The van der Waals surface area contributed by atoms with Crippen LogP contribution < -0.4 is 10.6 Å². The Labute approximate surface area is 159 Å². The number of nitriles is 2. The van der Waals surface area contributed by atoms with E-state index in [1.807, 2.05) is 36.4 Å². The molecule has 2 N–H and O–H groups in total. The van der Waals surface area contributed by atoms with E-state index in [1.54, 1.807) is 12.1 Å². The molecule has 0 aromatic heterocycles. The van der Waals surface area contributed by atoms with Gasteiger partial charge in [-0.2, -0.15) is 10.5 Å². The highest BCUT2D eigenvalue weighted by Gasteiger charge is 2.22. The molecular weight excluding hydrogens is 336 g/mol. The lowest BCUT2D eigenvalue weighted by Gasteiger charge is -2.23. The van der Waals surface area contributed by atoms with E-state index in [4.69, 9.17) is 5.26 Å². The van der Waals surface area contributed by atoms with E-state index in [1.165, 1.54) is 0 Å². The lowest BCUT2D eigenvalue weighted by atomic mass is 9.99. The van der Waals surface area contributed by atoms with Crippen LogP contribution in [0.5, 0.6) is 0 Å². The van der Waals surface area contributed by atoms with Crippen molar-refractivity contribution >= 4 is 5.91 Å². The number of carbonyl (C=O) groups is 1. The summed E-state index contributed by atoms with van der Waals surface area (Å²) in [6.45, 7) is 0.853. The molecule has 1 aliphatic rings. The number of hydrogen-bond donors (Lipinski definition) is 2. The predicted molar refractivity (Wildman–Crippen MR) is 103 cm³/mol. The molecule has 5 nitrogen and oxygen atoms in total. The van der Waals surface area contributed by atoms with Crippen LogP contribution in [0, 0.1) is 22.7 Å². The van der Waals surface area contributed by atoms with Gasteiger partial charge in [0.2, 0.25) is 5.91 Å². The van der Waals surface area contributed by atoms with Crippen molar-refractivity contribution in [3.63, 3.8) is 0 Å². The van der Waals surface area contributed by atoms with Gasteiger partial charge in [-0.3, -0.25) is 4.79 Å². The number of nitrogens with one attached hydrogen (secondary N) is 2. The third kappa shape index (κ3) is 4.94. The van der Waals surface area contributed by atoms with Gasteiger partial charge in [0.25, 0.3) is 0 Å². The Morgan fingerprint density at radius 3 is 2.30 bits per heavy atom. The highest BCUT2D eigenvalue weighted by molar-refractivity contribution is 5.82. The van der Waals surface area contributed by atoms with Gasteiger partial charge in [-0.05, 0) is 48.2 Å². The molecule has 2 aromatic rings. The van der Waals surface area contributed by atoms with Gasteiger partial charge in [0, 0.05) is 6.42 Å². The number of carbonyl (C=O) groups excluding carboxylic acids is 1.